The summed E-state index contributed by atoms with van der Waals surface area (Å²) in [4.78, 5) is 41.5. The van der Waals surface area contributed by atoms with Crippen LogP contribution in [0, 0.1) is 6.92 Å². The Bertz CT molecular complexity index is 1110. The van der Waals surface area contributed by atoms with Crippen LogP contribution in [0.5, 0.6) is 11.5 Å². The molecular weight excluding hydrogens is 502 g/mol. The van der Waals surface area contributed by atoms with Gasteiger partial charge in [0.2, 0.25) is 11.8 Å². The van der Waals surface area contributed by atoms with E-state index in [9.17, 15) is 29.7 Å². The van der Waals surface area contributed by atoms with E-state index in [-0.39, 0.29) is 30.0 Å². The molecule has 2 aromatic carbocycles. The molecule has 3 amide bonds. The molecule has 0 bridgehead atoms. The molecule has 0 aliphatic rings. The molecule has 2 rings (SSSR count). The second kappa shape index (κ2) is 14.4. The van der Waals surface area contributed by atoms with Crippen molar-refractivity contribution >= 4 is 17.9 Å². The summed E-state index contributed by atoms with van der Waals surface area (Å²) in [7, 11) is 0. The van der Waals surface area contributed by atoms with E-state index in [1.807, 2.05) is 6.92 Å². The maximum atomic E-state index is 14.1. The zero-order valence-electron chi connectivity index (χ0n) is 23.4. The van der Waals surface area contributed by atoms with Crippen LogP contribution in [0.2, 0.25) is 0 Å². The van der Waals surface area contributed by atoms with Crippen LogP contribution in [-0.4, -0.2) is 69.5 Å². The van der Waals surface area contributed by atoms with E-state index in [4.69, 9.17) is 4.74 Å². The van der Waals surface area contributed by atoms with Crippen molar-refractivity contribution in [1.82, 2.24) is 15.5 Å². The summed E-state index contributed by atoms with van der Waals surface area (Å²) in [6.07, 6.45) is 0.750. The summed E-state index contributed by atoms with van der Waals surface area (Å²) in [6, 6.07) is 8.60. The molecule has 5 N–H and O–H groups in total. The lowest BCUT2D eigenvalue weighted by Crippen LogP contribution is -2.54. The second-order valence-corrected chi connectivity index (χ2v) is 10.4. The van der Waals surface area contributed by atoms with Gasteiger partial charge in [-0.15, -0.1) is 0 Å². The molecule has 10 heteroatoms. The number of aliphatic hydroxyl groups excluding tert-OH is 1. The van der Waals surface area contributed by atoms with Gasteiger partial charge in [0, 0.05) is 25.1 Å². The van der Waals surface area contributed by atoms with Crippen LogP contribution < -0.4 is 10.6 Å². The van der Waals surface area contributed by atoms with E-state index >= 15 is 0 Å². The van der Waals surface area contributed by atoms with Crippen molar-refractivity contribution in [3.8, 4) is 11.5 Å². The number of carbonyl (C=O) groups excluding carboxylic acids is 3. The Hall–Kier alpha value is -3.79. The fourth-order valence-corrected chi connectivity index (χ4v) is 4.03. The van der Waals surface area contributed by atoms with E-state index in [0.29, 0.717) is 17.7 Å². The molecule has 2 unspecified atom stereocenters. The average molecular weight is 544 g/mol. The Labute approximate surface area is 230 Å². The van der Waals surface area contributed by atoms with Gasteiger partial charge >= 0.3 is 6.09 Å². The number of hydrogen-bond acceptors (Lipinski definition) is 7. The average Bonchev–Trinajstić information content (AvgIpc) is 2.85. The number of benzene rings is 2. The highest BCUT2D eigenvalue weighted by Crippen LogP contribution is 2.32. The zero-order valence-corrected chi connectivity index (χ0v) is 23.4. The Morgan fingerprint density at radius 2 is 1.72 bits per heavy atom. The molecule has 0 radical (unpaired) electrons. The number of hydrogen-bond donors (Lipinski definition) is 5. The SMILES string of the molecule is CCCCNC(=O)C(c1cccc(C)c1O)N(CCO)C(=O)C(Cc1ccc(O)cc1)NC(=O)OC(C)(C)C. The Morgan fingerprint density at radius 3 is 2.31 bits per heavy atom. The molecule has 0 spiro atoms. The van der Waals surface area contributed by atoms with Crippen molar-refractivity contribution in [1.29, 1.82) is 0 Å². The van der Waals surface area contributed by atoms with E-state index in [0.717, 1.165) is 17.7 Å². The third kappa shape index (κ3) is 9.47. The van der Waals surface area contributed by atoms with Gasteiger partial charge in [0.15, 0.2) is 0 Å². The first-order chi connectivity index (χ1) is 18.4. The summed E-state index contributed by atoms with van der Waals surface area (Å²) >= 11 is 0. The first-order valence-corrected chi connectivity index (χ1v) is 13.1. The first-order valence-electron chi connectivity index (χ1n) is 13.1. The summed E-state index contributed by atoms with van der Waals surface area (Å²) in [5, 5.41) is 35.9. The van der Waals surface area contributed by atoms with Gasteiger partial charge in [-0.25, -0.2) is 4.79 Å². The molecule has 0 aliphatic heterocycles. The van der Waals surface area contributed by atoms with E-state index in [1.165, 1.54) is 12.1 Å². The van der Waals surface area contributed by atoms with Gasteiger partial charge in [-0.3, -0.25) is 9.59 Å². The number of unbranched alkanes of at least 4 members (excludes halogenated alkanes) is 1. The zero-order chi connectivity index (χ0) is 29.2. The standard InChI is InChI=1S/C29H41N3O7/c1-6-7-15-30-26(36)24(22-10-8-9-19(2)25(22)35)32(16-17-33)27(37)23(31-28(38)39-29(3,4)5)18-20-11-13-21(34)14-12-20/h8-14,23-24,33-35H,6-7,15-18H2,1-5H3,(H,30,36)(H,31,38). The van der Waals surface area contributed by atoms with Gasteiger partial charge < -0.3 is 35.6 Å². The molecule has 39 heavy (non-hydrogen) atoms. The Kier molecular flexibility index (Phi) is 11.6. The Morgan fingerprint density at radius 1 is 1.05 bits per heavy atom. The Balaban J connectivity index is 2.54. The number of nitrogens with zero attached hydrogens (tertiary/aromatic N) is 1. The molecule has 10 nitrogen and oxygen atoms in total. The van der Waals surface area contributed by atoms with Crippen molar-refractivity contribution in [3.05, 3.63) is 59.2 Å². The van der Waals surface area contributed by atoms with Crippen LogP contribution in [0.1, 0.15) is 63.3 Å². The molecule has 0 saturated heterocycles. The van der Waals surface area contributed by atoms with E-state index in [2.05, 4.69) is 10.6 Å². The number of aryl methyl sites for hydroxylation is 1. The number of nitrogens with one attached hydrogen (secondary N) is 2. The largest absolute Gasteiger partial charge is 0.508 e. The third-order valence-electron chi connectivity index (χ3n) is 5.94. The molecule has 0 aromatic heterocycles. The van der Waals surface area contributed by atoms with E-state index < -0.39 is 42.2 Å². The van der Waals surface area contributed by atoms with Crippen molar-refractivity contribution in [2.24, 2.45) is 0 Å². The number of aliphatic hydroxyl groups is 1. The lowest BCUT2D eigenvalue weighted by atomic mass is 9.98. The predicted molar refractivity (Wildman–Crippen MR) is 147 cm³/mol. The maximum absolute atomic E-state index is 14.1. The lowest BCUT2D eigenvalue weighted by molar-refractivity contribution is -0.143. The summed E-state index contributed by atoms with van der Waals surface area (Å²) in [6.45, 7) is 8.41. The van der Waals surface area contributed by atoms with Crippen molar-refractivity contribution < 1.29 is 34.4 Å². The highest BCUT2D eigenvalue weighted by molar-refractivity contribution is 5.92. The van der Waals surface area contributed by atoms with Gasteiger partial charge in [-0.2, -0.15) is 0 Å². The number of rotatable bonds is 12. The fourth-order valence-electron chi connectivity index (χ4n) is 4.03. The van der Waals surface area contributed by atoms with Crippen molar-refractivity contribution in [3.63, 3.8) is 0 Å². The molecule has 0 saturated carbocycles. The highest BCUT2D eigenvalue weighted by atomic mass is 16.6. The van der Waals surface area contributed by atoms with Gasteiger partial charge in [0.05, 0.1) is 6.61 Å². The van der Waals surface area contributed by atoms with Crippen LogP contribution in [-0.2, 0) is 20.7 Å². The number of phenolic OH excluding ortho intramolecular Hbond substituents is 2. The second-order valence-electron chi connectivity index (χ2n) is 10.4. The normalized spacial score (nSPS) is 12.8. The summed E-state index contributed by atoms with van der Waals surface area (Å²) < 4.78 is 5.38. The molecule has 214 valence electrons. The number of carbonyl (C=O) groups is 3. The highest BCUT2D eigenvalue weighted by Gasteiger charge is 2.37. The number of ether oxygens (including phenoxy) is 1. The maximum Gasteiger partial charge on any atom is 0.408 e. The topological polar surface area (TPSA) is 148 Å². The van der Waals surface area contributed by atoms with Gasteiger partial charge in [0.1, 0.15) is 29.2 Å². The van der Waals surface area contributed by atoms with Crippen molar-refractivity contribution in [2.45, 2.75) is 71.6 Å². The number of alkyl carbamates (subject to hydrolysis) is 1. The minimum absolute atomic E-state index is 0.0181. The summed E-state index contributed by atoms with van der Waals surface area (Å²) in [5.41, 5.74) is 0.526. The monoisotopic (exact) mass is 543 g/mol. The fraction of sp³-hybridized carbons (Fsp3) is 0.483. The van der Waals surface area contributed by atoms with Gasteiger partial charge in [0.25, 0.3) is 0 Å². The number of para-hydroxylation sites is 1. The van der Waals surface area contributed by atoms with Crippen LogP contribution in [0.4, 0.5) is 4.79 Å². The molecule has 0 aliphatic carbocycles. The van der Waals surface area contributed by atoms with Crippen LogP contribution in [0.25, 0.3) is 0 Å². The molecule has 0 fully saturated rings. The molecular formula is C29H41N3O7. The quantitative estimate of drug-likeness (QED) is 0.258. The molecule has 2 atom stereocenters. The number of aromatic hydroxyl groups is 2. The van der Waals surface area contributed by atoms with Crippen LogP contribution in [0.15, 0.2) is 42.5 Å². The number of phenols is 2. The molecule has 2 aromatic rings. The minimum Gasteiger partial charge on any atom is -0.508 e. The van der Waals surface area contributed by atoms with Crippen LogP contribution in [0.3, 0.4) is 0 Å². The van der Waals surface area contributed by atoms with Crippen molar-refractivity contribution in [2.75, 3.05) is 19.7 Å². The lowest BCUT2D eigenvalue weighted by Gasteiger charge is -2.34. The third-order valence-corrected chi connectivity index (χ3v) is 5.94. The number of amides is 3. The molecule has 0 heterocycles. The smallest absolute Gasteiger partial charge is 0.408 e. The van der Waals surface area contributed by atoms with Crippen LogP contribution >= 0.6 is 0 Å². The minimum atomic E-state index is -1.27. The first kappa shape index (κ1) is 31.4. The summed E-state index contributed by atoms with van der Waals surface area (Å²) in [5.74, 6) is -1.27. The predicted octanol–water partition coefficient (Wildman–Crippen LogP) is 3.32. The van der Waals surface area contributed by atoms with Gasteiger partial charge in [-0.1, -0.05) is 43.7 Å². The van der Waals surface area contributed by atoms with Gasteiger partial charge in [-0.05, 0) is 57.4 Å². The van der Waals surface area contributed by atoms with E-state index in [1.54, 1.807) is 58.0 Å².